The van der Waals surface area contributed by atoms with Gasteiger partial charge in [0.05, 0.1) is 11.4 Å². The molecule has 24 heavy (non-hydrogen) atoms. The van der Waals surface area contributed by atoms with E-state index in [-0.39, 0.29) is 5.91 Å². The van der Waals surface area contributed by atoms with Gasteiger partial charge in [-0.3, -0.25) is 4.79 Å². The van der Waals surface area contributed by atoms with Crippen LogP contribution in [-0.4, -0.2) is 23.2 Å². The van der Waals surface area contributed by atoms with E-state index in [2.05, 4.69) is 31.1 Å². The number of nitrogens with zero attached hydrogens (tertiary/aromatic N) is 1. The van der Waals surface area contributed by atoms with Crippen molar-refractivity contribution < 1.29 is 9.21 Å². The van der Waals surface area contributed by atoms with Crippen LogP contribution in [0.2, 0.25) is 0 Å². The Morgan fingerprint density at radius 1 is 1.25 bits per heavy atom. The van der Waals surface area contributed by atoms with Gasteiger partial charge in [0.1, 0.15) is 5.76 Å². The Balaban J connectivity index is 1.83. The van der Waals surface area contributed by atoms with Crippen molar-refractivity contribution in [1.29, 1.82) is 0 Å². The zero-order valence-electron chi connectivity index (χ0n) is 14.9. The van der Waals surface area contributed by atoms with Crippen LogP contribution in [0.3, 0.4) is 0 Å². The number of aromatic nitrogens is 1. The molecule has 2 rings (SSSR count). The minimum Gasteiger partial charge on any atom is -0.441 e. The first-order valence-electron chi connectivity index (χ1n) is 8.33. The molecule has 0 saturated carbocycles. The number of nitrogens with one attached hydrogen (secondary N) is 1. The van der Waals surface area contributed by atoms with Gasteiger partial charge in [-0.1, -0.05) is 31.5 Å². The maximum atomic E-state index is 11.8. The lowest BCUT2D eigenvalue weighted by Crippen LogP contribution is -2.26. The highest BCUT2D eigenvalue weighted by Gasteiger charge is 2.12. The minimum atomic E-state index is 0.0838. The molecule has 0 unspecified atom stereocenters. The molecule has 0 saturated heterocycles. The number of aryl methyl sites for hydroxylation is 2. The fourth-order valence-electron chi connectivity index (χ4n) is 2.17. The first kappa shape index (κ1) is 18.6. The maximum Gasteiger partial charge on any atom is 0.230 e. The molecule has 0 aliphatic carbocycles. The third-order valence-electron chi connectivity index (χ3n) is 3.71. The predicted molar refractivity (Wildman–Crippen MR) is 100 cm³/mol. The normalized spacial score (nSPS) is 11.0. The van der Waals surface area contributed by atoms with Crippen molar-refractivity contribution in [1.82, 2.24) is 10.3 Å². The highest BCUT2D eigenvalue weighted by atomic mass is 32.2. The number of carbonyl (C=O) groups excluding carboxylic acids is 1. The number of carbonyl (C=O) groups is 1. The average Bonchev–Trinajstić information content (AvgIpc) is 2.89. The van der Waals surface area contributed by atoms with E-state index in [0.717, 1.165) is 30.0 Å². The quantitative estimate of drug-likeness (QED) is 0.772. The van der Waals surface area contributed by atoms with Crippen LogP contribution in [0.15, 0.2) is 28.7 Å². The van der Waals surface area contributed by atoms with Gasteiger partial charge in [-0.2, -0.15) is 0 Å². The van der Waals surface area contributed by atoms with Crippen LogP contribution in [0.4, 0.5) is 0 Å². The third kappa shape index (κ3) is 5.71. The zero-order chi connectivity index (χ0) is 17.5. The van der Waals surface area contributed by atoms with Crippen LogP contribution < -0.4 is 5.32 Å². The Labute approximate surface area is 148 Å². The fourth-order valence-corrected chi connectivity index (χ4v) is 3.02. The molecule has 1 aromatic carbocycles. The third-order valence-corrected chi connectivity index (χ3v) is 4.65. The largest absolute Gasteiger partial charge is 0.441 e. The van der Waals surface area contributed by atoms with Crippen LogP contribution >= 0.6 is 11.8 Å². The second kappa shape index (κ2) is 8.92. The van der Waals surface area contributed by atoms with Crippen molar-refractivity contribution in [2.24, 2.45) is 5.92 Å². The van der Waals surface area contributed by atoms with Crippen molar-refractivity contribution in [2.75, 3.05) is 12.3 Å². The number of hydrogen-bond acceptors (Lipinski definition) is 4. The Morgan fingerprint density at radius 3 is 2.62 bits per heavy atom. The minimum absolute atomic E-state index is 0.0838. The number of hydrogen-bond donors (Lipinski definition) is 1. The van der Waals surface area contributed by atoms with Gasteiger partial charge in [0, 0.05) is 17.9 Å². The number of rotatable bonds is 8. The number of amides is 1. The van der Waals surface area contributed by atoms with Gasteiger partial charge in [-0.15, -0.1) is 11.8 Å². The molecule has 0 atom stereocenters. The Morgan fingerprint density at radius 2 is 1.96 bits per heavy atom. The molecule has 1 aromatic heterocycles. The zero-order valence-corrected chi connectivity index (χ0v) is 15.7. The molecule has 0 fully saturated rings. The van der Waals surface area contributed by atoms with E-state index in [1.807, 2.05) is 31.2 Å². The summed E-state index contributed by atoms with van der Waals surface area (Å²) in [5.74, 6) is 3.28. The molecule has 0 aliphatic rings. The maximum absolute atomic E-state index is 11.8. The van der Waals surface area contributed by atoms with Gasteiger partial charge in [0.25, 0.3) is 0 Å². The summed E-state index contributed by atoms with van der Waals surface area (Å²) in [6.07, 6.45) is 1.01. The lowest BCUT2D eigenvalue weighted by molar-refractivity contribution is -0.118. The van der Waals surface area contributed by atoms with Gasteiger partial charge in [-0.05, 0) is 38.3 Å². The van der Waals surface area contributed by atoms with Crippen molar-refractivity contribution in [3.63, 3.8) is 0 Å². The Hall–Kier alpha value is -1.75. The van der Waals surface area contributed by atoms with Crippen LogP contribution in [0.25, 0.3) is 11.5 Å². The lowest BCUT2D eigenvalue weighted by atomic mass is 10.1. The fraction of sp³-hybridized carbons (Fsp3) is 0.474. The first-order valence-corrected chi connectivity index (χ1v) is 9.49. The van der Waals surface area contributed by atoms with E-state index in [4.69, 9.17) is 4.42 Å². The molecule has 5 heteroatoms. The molecule has 2 aromatic rings. The van der Waals surface area contributed by atoms with Crippen molar-refractivity contribution in [3.05, 3.63) is 41.3 Å². The number of benzene rings is 1. The highest BCUT2D eigenvalue weighted by molar-refractivity contribution is 7.99. The summed E-state index contributed by atoms with van der Waals surface area (Å²) in [5, 5.41) is 2.95. The first-order chi connectivity index (χ1) is 11.5. The van der Waals surface area contributed by atoms with Crippen molar-refractivity contribution in [2.45, 2.75) is 39.9 Å². The van der Waals surface area contributed by atoms with Crippen molar-refractivity contribution >= 4 is 17.7 Å². The summed E-state index contributed by atoms with van der Waals surface area (Å²) in [4.78, 5) is 16.4. The Kier molecular flexibility index (Phi) is 6.91. The van der Waals surface area contributed by atoms with Gasteiger partial charge in [0.15, 0.2) is 0 Å². The van der Waals surface area contributed by atoms with Crippen LogP contribution in [0.5, 0.6) is 0 Å². The molecular formula is C19H26N2O2S. The molecule has 0 spiro atoms. The second-order valence-electron chi connectivity index (χ2n) is 6.41. The SMILES string of the molecule is Cc1ccc(-c2nc(CSCC(=O)NCCC(C)C)c(C)o2)cc1. The topological polar surface area (TPSA) is 55.1 Å². The number of thioether (sulfide) groups is 1. The van der Waals surface area contributed by atoms with Crippen LogP contribution in [0.1, 0.15) is 37.3 Å². The molecule has 0 radical (unpaired) electrons. The molecule has 1 heterocycles. The predicted octanol–water partition coefficient (Wildman–Crippen LogP) is 4.35. The van der Waals surface area contributed by atoms with E-state index in [9.17, 15) is 4.79 Å². The van der Waals surface area contributed by atoms with Gasteiger partial charge in [-0.25, -0.2) is 4.98 Å². The molecule has 1 N–H and O–H groups in total. The highest BCUT2D eigenvalue weighted by Crippen LogP contribution is 2.24. The standard InChI is InChI=1S/C19H26N2O2S/c1-13(2)9-10-20-18(22)12-24-11-17-15(4)23-19(21-17)16-7-5-14(3)6-8-16/h5-8,13H,9-12H2,1-4H3,(H,20,22). The summed E-state index contributed by atoms with van der Waals surface area (Å²) in [7, 11) is 0. The molecule has 130 valence electrons. The van der Waals surface area contributed by atoms with E-state index >= 15 is 0 Å². The Bertz CT molecular complexity index is 663. The monoisotopic (exact) mass is 346 g/mol. The smallest absolute Gasteiger partial charge is 0.230 e. The van der Waals surface area contributed by atoms with Gasteiger partial charge in [0.2, 0.25) is 11.8 Å². The molecule has 4 nitrogen and oxygen atoms in total. The summed E-state index contributed by atoms with van der Waals surface area (Å²) >= 11 is 1.56. The van der Waals surface area contributed by atoms with Gasteiger partial charge < -0.3 is 9.73 Å². The number of oxazole rings is 1. The molecular weight excluding hydrogens is 320 g/mol. The summed E-state index contributed by atoms with van der Waals surface area (Å²) < 4.78 is 5.76. The van der Waals surface area contributed by atoms with Crippen molar-refractivity contribution in [3.8, 4) is 11.5 Å². The summed E-state index contributed by atoms with van der Waals surface area (Å²) in [6, 6.07) is 8.12. The van der Waals surface area contributed by atoms with E-state index in [1.54, 1.807) is 11.8 Å². The van der Waals surface area contributed by atoms with Gasteiger partial charge >= 0.3 is 0 Å². The average molecular weight is 346 g/mol. The van der Waals surface area contributed by atoms with Crippen LogP contribution in [0, 0.1) is 19.8 Å². The summed E-state index contributed by atoms with van der Waals surface area (Å²) in [5.41, 5.74) is 3.10. The lowest BCUT2D eigenvalue weighted by Gasteiger charge is -2.06. The molecule has 0 aliphatic heterocycles. The van der Waals surface area contributed by atoms with E-state index in [0.29, 0.717) is 23.3 Å². The molecule has 1 amide bonds. The van der Waals surface area contributed by atoms with Crippen LogP contribution in [-0.2, 0) is 10.5 Å². The van der Waals surface area contributed by atoms with E-state index in [1.165, 1.54) is 5.56 Å². The summed E-state index contributed by atoms with van der Waals surface area (Å²) in [6.45, 7) is 9.03. The van der Waals surface area contributed by atoms with E-state index < -0.39 is 0 Å². The second-order valence-corrected chi connectivity index (χ2v) is 7.40. The molecule has 0 bridgehead atoms.